The summed E-state index contributed by atoms with van der Waals surface area (Å²) in [6.45, 7) is 6.93. The van der Waals surface area contributed by atoms with Crippen molar-refractivity contribution in [3.63, 3.8) is 0 Å². The Labute approximate surface area is 153 Å². The highest BCUT2D eigenvalue weighted by molar-refractivity contribution is 5.89. The third kappa shape index (κ3) is 2.92. The molecule has 0 fully saturated rings. The second-order valence-corrected chi connectivity index (χ2v) is 7.00. The van der Waals surface area contributed by atoms with E-state index in [0.29, 0.717) is 19.0 Å². The predicted octanol–water partition coefficient (Wildman–Crippen LogP) is 4.91. The van der Waals surface area contributed by atoms with Gasteiger partial charge in [-0.3, -0.25) is 0 Å². The van der Waals surface area contributed by atoms with E-state index in [1.807, 2.05) is 51.1 Å². The van der Waals surface area contributed by atoms with Crippen LogP contribution < -0.4 is 14.2 Å². The molecule has 0 saturated carbocycles. The Hall–Kier alpha value is -2.88. The molecule has 0 radical (unpaired) electrons. The smallest absolute Gasteiger partial charge is 0.137 e. The van der Waals surface area contributed by atoms with Gasteiger partial charge in [0.15, 0.2) is 0 Å². The van der Waals surface area contributed by atoms with Gasteiger partial charge in [0.1, 0.15) is 35.2 Å². The molecule has 134 valence electrons. The maximum atomic E-state index is 10.4. The van der Waals surface area contributed by atoms with Crippen molar-refractivity contribution in [2.45, 2.75) is 26.4 Å². The van der Waals surface area contributed by atoms with E-state index in [0.717, 1.165) is 33.8 Å². The number of hydrogen-bond acceptors (Lipinski definition) is 4. The quantitative estimate of drug-likeness (QED) is 0.854. The number of hydrogen-bond donors (Lipinski definition) is 1. The highest BCUT2D eigenvalue weighted by Gasteiger charge is 2.26. The molecule has 0 bridgehead atoms. The lowest BCUT2D eigenvalue weighted by Gasteiger charge is -2.30. The van der Waals surface area contributed by atoms with Crippen molar-refractivity contribution < 1.29 is 19.3 Å². The van der Waals surface area contributed by atoms with Crippen LogP contribution >= 0.6 is 0 Å². The summed E-state index contributed by atoms with van der Waals surface area (Å²) < 4.78 is 17.5. The molecule has 2 aliphatic heterocycles. The van der Waals surface area contributed by atoms with E-state index in [1.54, 1.807) is 6.07 Å². The normalized spacial score (nSPS) is 16.7. The molecular weight excluding hydrogens is 328 g/mol. The van der Waals surface area contributed by atoms with Gasteiger partial charge in [-0.2, -0.15) is 0 Å². The number of rotatable bonds is 3. The first-order valence-corrected chi connectivity index (χ1v) is 8.81. The van der Waals surface area contributed by atoms with Crippen LogP contribution in [0.4, 0.5) is 0 Å². The Balaban J connectivity index is 1.71. The SMILES string of the molecule is CCOc1ccc(C2=Cc3ccc4c(c3OC2)C=CC(C)(C)O4)c(O)c1. The number of benzene rings is 2. The molecule has 2 aromatic carbocycles. The molecule has 0 amide bonds. The molecule has 2 heterocycles. The van der Waals surface area contributed by atoms with Gasteiger partial charge in [0.2, 0.25) is 0 Å². The van der Waals surface area contributed by atoms with Crippen molar-refractivity contribution in [1.82, 2.24) is 0 Å². The van der Waals surface area contributed by atoms with Crippen LogP contribution in [0.15, 0.2) is 36.4 Å². The average Bonchev–Trinajstić information content (AvgIpc) is 2.60. The second kappa shape index (κ2) is 6.13. The van der Waals surface area contributed by atoms with Gasteiger partial charge in [-0.05, 0) is 63.3 Å². The summed E-state index contributed by atoms with van der Waals surface area (Å²) in [4.78, 5) is 0. The molecular formula is C22H22O4. The van der Waals surface area contributed by atoms with Gasteiger partial charge in [-0.1, -0.05) is 0 Å². The molecule has 0 aromatic heterocycles. The van der Waals surface area contributed by atoms with Gasteiger partial charge in [0.05, 0.1) is 12.2 Å². The Bertz CT molecular complexity index is 922. The number of phenols is 1. The van der Waals surface area contributed by atoms with Crippen LogP contribution in [-0.2, 0) is 0 Å². The van der Waals surface area contributed by atoms with Crippen LogP contribution in [-0.4, -0.2) is 23.9 Å². The lowest BCUT2D eigenvalue weighted by atomic mass is 9.95. The molecule has 0 unspecified atom stereocenters. The number of phenolic OH excluding ortho intramolecular Hbond substituents is 1. The van der Waals surface area contributed by atoms with Gasteiger partial charge in [0.25, 0.3) is 0 Å². The minimum absolute atomic E-state index is 0.192. The molecule has 2 aromatic rings. The molecule has 4 nitrogen and oxygen atoms in total. The molecule has 0 atom stereocenters. The lowest BCUT2D eigenvalue weighted by molar-refractivity contribution is 0.158. The standard InChI is InChI=1S/C22H22O4/c1-4-24-16-6-7-17(19(23)12-16)15-11-14-5-8-20-18(21(14)25-13-15)9-10-22(2,3)26-20/h5-12,23H,4,13H2,1-3H3. The third-order valence-corrected chi connectivity index (χ3v) is 4.54. The first-order valence-electron chi connectivity index (χ1n) is 8.81. The molecule has 0 saturated heterocycles. The van der Waals surface area contributed by atoms with Gasteiger partial charge >= 0.3 is 0 Å². The van der Waals surface area contributed by atoms with E-state index in [2.05, 4.69) is 12.2 Å². The van der Waals surface area contributed by atoms with Crippen molar-refractivity contribution in [3.05, 3.63) is 53.1 Å². The first-order chi connectivity index (χ1) is 12.5. The Morgan fingerprint density at radius 2 is 2.04 bits per heavy atom. The Kier molecular flexibility index (Phi) is 3.91. The summed E-state index contributed by atoms with van der Waals surface area (Å²) in [5, 5.41) is 10.4. The van der Waals surface area contributed by atoms with Crippen LogP contribution in [0.5, 0.6) is 23.0 Å². The minimum Gasteiger partial charge on any atom is -0.507 e. The Morgan fingerprint density at radius 1 is 1.19 bits per heavy atom. The largest absolute Gasteiger partial charge is 0.507 e. The fraction of sp³-hybridized carbons (Fsp3) is 0.273. The van der Waals surface area contributed by atoms with Gasteiger partial charge in [-0.25, -0.2) is 0 Å². The van der Waals surface area contributed by atoms with Gasteiger partial charge in [0, 0.05) is 22.8 Å². The fourth-order valence-electron chi connectivity index (χ4n) is 3.30. The van der Waals surface area contributed by atoms with Crippen molar-refractivity contribution in [2.24, 2.45) is 0 Å². The van der Waals surface area contributed by atoms with E-state index < -0.39 is 0 Å². The van der Waals surface area contributed by atoms with E-state index in [4.69, 9.17) is 14.2 Å². The van der Waals surface area contributed by atoms with E-state index >= 15 is 0 Å². The van der Waals surface area contributed by atoms with Crippen molar-refractivity contribution in [1.29, 1.82) is 0 Å². The minimum atomic E-state index is -0.314. The molecule has 0 aliphatic carbocycles. The summed E-state index contributed by atoms with van der Waals surface area (Å²) in [6.07, 6.45) is 6.16. The number of ether oxygens (including phenoxy) is 3. The van der Waals surface area contributed by atoms with Crippen molar-refractivity contribution in [3.8, 4) is 23.0 Å². The third-order valence-electron chi connectivity index (χ3n) is 4.54. The van der Waals surface area contributed by atoms with Crippen LogP contribution in [0.25, 0.3) is 17.7 Å². The van der Waals surface area contributed by atoms with Crippen molar-refractivity contribution >= 4 is 17.7 Å². The maximum Gasteiger partial charge on any atom is 0.137 e. The highest BCUT2D eigenvalue weighted by Crippen LogP contribution is 2.43. The van der Waals surface area contributed by atoms with Gasteiger partial charge < -0.3 is 19.3 Å². The van der Waals surface area contributed by atoms with Crippen LogP contribution in [0.2, 0.25) is 0 Å². The first kappa shape index (κ1) is 16.6. The van der Waals surface area contributed by atoms with Gasteiger partial charge in [-0.15, -0.1) is 0 Å². The summed E-state index contributed by atoms with van der Waals surface area (Å²) in [7, 11) is 0. The van der Waals surface area contributed by atoms with Crippen LogP contribution in [0.1, 0.15) is 37.5 Å². The van der Waals surface area contributed by atoms with Crippen LogP contribution in [0.3, 0.4) is 0 Å². The van der Waals surface area contributed by atoms with E-state index in [1.165, 1.54) is 0 Å². The van der Waals surface area contributed by atoms with Crippen molar-refractivity contribution in [2.75, 3.05) is 13.2 Å². The second-order valence-electron chi connectivity index (χ2n) is 7.00. The molecule has 4 rings (SSSR count). The fourth-order valence-corrected chi connectivity index (χ4v) is 3.30. The van der Waals surface area contributed by atoms with Crippen LogP contribution in [0, 0.1) is 0 Å². The molecule has 26 heavy (non-hydrogen) atoms. The van der Waals surface area contributed by atoms with E-state index in [9.17, 15) is 5.11 Å². The van der Waals surface area contributed by atoms with E-state index in [-0.39, 0.29) is 11.4 Å². The number of fused-ring (bicyclic) bond motifs is 3. The zero-order valence-corrected chi connectivity index (χ0v) is 15.2. The monoisotopic (exact) mass is 350 g/mol. The lowest BCUT2D eigenvalue weighted by Crippen LogP contribution is -2.27. The average molecular weight is 350 g/mol. The molecule has 2 aliphatic rings. The number of aromatic hydroxyl groups is 1. The molecule has 4 heteroatoms. The summed E-state index contributed by atoms with van der Waals surface area (Å²) >= 11 is 0. The zero-order valence-electron chi connectivity index (χ0n) is 15.2. The zero-order chi connectivity index (χ0) is 18.3. The summed E-state index contributed by atoms with van der Waals surface area (Å²) in [5.41, 5.74) is 3.31. The predicted molar refractivity (Wildman–Crippen MR) is 103 cm³/mol. The molecule has 1 N–H and O–H groups in total. The molecule has 0 spiro atoms. The highest BCUT2D eigenvalue weighted by atomic mass is 16.5. The maximum absolute atomic E-state index is 10.4. The Morgan fingerprint density at radius 3 is 2.81 bits per heavy atom. The topological polar surface area (TPSA) is 47.9 Å². The summed E-state index contributed by atoms with van der Waals surface area (Å²) in [6, 6.07) is 9.33. The summed E-state index contributed by atoms with van der Waals surface area (Å²) in [5.74, 6) is 2.50.